The molecule has 0 saturated carbocycles. The van der Waals surface area contributed by atoms with Crippen molar-refractivity contribution in [2.45, 2.75) is 6.54 Å². The molecule has 4 rings (SSSR count). The average Bonchev–Trinajstić information content (AvgIpc) is 3.11. The number of thiazole rings is 1. The van der Waals surface area contributed by atoms with E-state index >= 15 is 0 Å². The molecule has 152 valence electrons. The summed E-state index contributed by atoms with van der Waals surface area (Å²) in [7, 11) is 1.58. The van der Waals surface area contributed by atoms with Crippen molar-refractivity contribution in [1.82, 2.24) is 4.57 Å². The fourth-order valence-corrected chi connectivity index (χ4v) is 4.10. The van der Waals surface area contributed by atoms with Crippen LogP contribution in [0.15, 0.2) is 77.8 Å². The van der Waals surface area contributed by atoms with Gasteiger partial charge in [0.25, 0.3) is 5.91 Å². The molecule has 3 aromatic carbocycles. The fourth-order valence-electron chi connectivity index (χ4n) is 3.03. The number of aromatic nitrogens is 1. The Balaban J connectivity index is 1.70. The Kier molecular flexibility index (Phi) is 6.02. The van der Waals surface area contributed by atoms with Crippen molar-refractivity contribution in [2.24, 2.45) is 4.99 Å². The van der Waals surface area contributed by atoms with Gasteiger partial charge in [-0.1, -0.05) is 41.7 Å². The van der Waals surface area contributed by atoms with Crippen LogP contribution in [0.1, 0.15) is 10.4 Å². The zero-order valence-electron chi connectivity index (χ0n) is 16.2. The lowest BCUT2D eigenvalue weighted by Crippen LogP contribution is -2.19. The predicted octanol–water partition coefficient (Wildman–Crippen LogP) is 5.02. The third-order valence-electron chi connectivity index (χ3n) is 4.43. The molecule has 0 saturated heterocycles. The summed E-state index contributed by atoms with van der Waals surface area (Å²) in [5, 5.41) is 0. The van der Waals surface area contributed by atoms with Gasteiger partial charge in [0.2, 0.25) is 0 Å². The number of para-hydroxylation sites is 2. The summed E-state index contributed by atoms with van der Waals surface area (Å²) in [6.45, 7) is 0.767. The molecule has 0 unspecified atom stereocenters. The summed E-state index contributed by atoms with van der Waals surface area (Å²) >= 11 is 1.27. The Morgan fingerprint density at radius 1 is 1.03 bits per heavy atom. The maximum atomic E-state index is 14.4. The van der Waals surface area contributed by atoms with Crippen LogP contribution in [0, 0.1) is 5.82 Å². The van der Waals surface area contributed by atoms with Crippen LogP contribution in [0.2, 0.25) is 0 Å². The first-order valence-electron chi connectivity index (χ1n) is 9.34. The first-order valence-corrected chi connectivity index (χ1v) is 10.2. The highest BCUT2D eigenvalue weighted by Crippen LogP contribution is 2.23. The van der Waals surface area contributed by atoms with E-state index in [1.165, 1.54) is 17.4 Å². The van der Waals surface area contributed by atoms with E-state index in [1.54, 1.807) is 42.0 Å². The van der Waals surface area contributed by atoms with Crippen molar-refractivity contribution < 1.29 is 18.7 Å². The van der Waals surface area contributed by atoms with E-state index in [9.17, 15) is 9.18 Å². The fraction of sp³-hybridized carbons (Fsp3) is 0.130. The second kappa shape index (κ2) is 9.02. The van der Waals surface area contributed by atoms with Gasteiger partial charge in [-0.25, -0.2) is 4.39 Å². The number of methoxy groups -OCH3 is 1. The van der Waals surface area contributed by atoms with Crippen LogP contribution in [0.3, 0.4) is 0 Å². The van der Waals surface area contributed by atoms with E-state index in [0.717, 1.165) is 4.70 Å². The van der Waals surface area contributed by atoms with E-state index in [0.29, 0.717) is 40.5 Å². The average molecular weight is 422 g/mol. The molecular weight excluding hydrogens is 403 g/mol. The molecule has 0 aliphatic carbocycles. The van der Waals surface area contributed by atoms with Crippen molar-refractivity contribution in [2.75, 3.05) is 13.7 Å². The second-order valence-corrected chi connectivity index (χ2v) is 7.48. The molecule has 30 heavy (non-hydrogen) atoms. The van der Waals surface area contributed by atoms with Gasteiger partial charge in [-0.2, -0.15) is 4.99 Å². The Labute approximate surface area is 176 Å². The van der Waals surface area contributed by atoms with E-state index in [1.807, 2.05) is 36.4 Å². The van der Waals surface area contributed by atoms with Crippen LogP contribution >= 0.6 is 11.3 Å². The number of fused-ring (bicyclic) bond motifs is 1. The Morgan fingerprint density at radius 3 is 2.60 bits per heavy atom. The van der Waals surface area contributed by atoms with E-state index in [4.69, 9.17) is 9.47 Å². The van der Waals surface area contributed by atoms with Gasteiger partial charge in [-0.3, -0.25) is 4.79 Å². The number of hydrogen-bond donors (Lipinski definition) is 0. The minimum atomic E-state index is -0.424. The van der Waals surface area contributed by atoms with E-state index in [-0.39, 0.29) is 5.82 Å². The number of nitrogens with zero attached hydrogens (tertiary/aromatic N) is 2. The van der Waals surface area contributed by atoms with Crippen molar-refractivity contribution in [3.63, 3.8) is 0 Å². The molecule has 0 fully saturated rings. The molecule has 7 heteroatoms. The molecule has 5 nitrogen and oxygen atoms in total. The summed E-state index contributed by atoms with van der Waals surface area (Å²) in [5.74, 6) is 0.437. The monoisotopic (exact) mass is 422 g/mol. The van der Waals surface area contributed by atoms with Gasteiger partial charge in [-0.15, -0.1) is 0 Å². The third kappa shape index (κ3) is 4.32. The molecule has 1 amide bonds. The summed E-state index contributed by atoms with van der Waals surface area (Å²) in [5.41, 5.74) is 0.812. The van der Waals surface area contributed by atoms with Crippen LogP contribution in [0.4, 0.5) is 4.39 Å². The smallest absolute Gasteiger partial charge is 0.279 e. The normalized spacial score (nSPS) is 11.7. The van der Waals surface area contributed by atoms with Crippen LogP contribution in [-0.2, 0) is 11.3 Å². The van der Waals surface area contributed by atoms with Gasteiger partial charge in [-0.05, 0) is 42.5 Å². The first kappa shape index (κ1) is 20.0. The molecule has 0 aliphatic rings. The van der Waals surface area contributed by atoms with Gasteiger partial charge in [0.05, 0.1) is 16.8 Å². The minimum absolute atomic E-state index is 0.355. The number of carbonyl (C=O) groups is 1. The molecule has 0 atom stereocenters. The molecule has 0 spiro atoms. The topological polar surface area (TPSA) is 52.8 Å². The molecule has 0 aliphatic heterocycles. The van der Waals surface area contributed by atoms with E-state index in [2.05, 4.69) is 4.99 Å². The predicted molar refractivity (Wildman–Crippen MR) is 115 cm³/mol. The van der Waals surface area contributed by atoms with E-state index < -0.39 is 5.91 Å². The molecule has 1 heterocycles. The summed E-state index contributed by atoms with van der Waals surface area (Å²) in [4.78, 5) is 17.5. The van der Waals surface area contributed by atoms with Crippen LogP contribution in [-0.4, -0.2) is 24.2 Å². The number of amides is 1. The number of carbonyl (C=O) groups excluding carboxylic acids is 1. The number of halogens is 1. The molecule has 0 bridgehead atoms. The summed E-state index contributed by atoms with van der Waals surface area (Å²) < 4.78 is 27.7. The van der Waals surface area contributed by atoms with Gasteiger partial charge >= 0.3 is 0 Å². The van der Waals surface area contributed by atoms with Crippen molar-refractivity contribution in [3.8, 4) is 11.5 Å². The zero-order chi connectivity index (χ0) is 20.9. The molecule has 0 N–H and O–H groups in total. The van der Waals surface area contributed by atoms with Crippen molar-refractivity contribution in [3.05, 3.63) is 89.0 Å². The minimum Gasteiger partial charge on any atom is -0.457 e. The lowest BCUT2D eigenvalue weighted by atomic mass is 10.2. The standard InChI is InChI=1S/C23H19FN2O3S/c1-28-14-13-26-21-19(24)11-6-12-20(21)30-23(26)25-22(27)16-7-5-10-18(15-16)29-17-8-3-2-4-9-17/h2-12,15H,13-14H2,1H3. The second-order valence-electron chi connectivity index (χ2n) is 6.48. The number of benzene rings is 3. The van der Waals surface area contributed by atoms with Gasteiger partial charge in [0, 0.05) is 19.2 Å². The largest absolute Gasteiger partial charge is 0.457 e. The molecular formula is C23H19FN2O3S. The highest BCUT2D eigenvalue weighted by molar-refractivity contribution is 7.16. The maximum absolute atomic E-state index is 14.4. The Bertz CT molecular complexity index is 1250. The van der Waals surface area contributed by atoms with Crippen LogP contribution < -0.4 is 9.54 Å². The SMILES string of the molecule is COCCn1c(=NC(=O)c2cccc(Oc3ccccc3)c2)sc2cccc(F)c21. The quantitative estimate of drug-likeness (QED) is 0.438. The Hall–Kier alpha value is -3.29. The van der Waals surface area contributed by atoms with Crippen LogP contribution in [0.5, 0.6) is 11.5 Å². The lowest BCUT2D eigenvalue weighted by Gasteiger charge is -2.06. The van der Waals surface area contributed by atoms with Gasteiger partial charge < -0.3 is 14.0 Å². The molecule has 4 aromatic rings. The van der Waals surface area contributed by atoms with Gasteiger partial charge in [0.1, 0.15) is 17.3 Å². The lowest BCUT2D eigenvalue weighted by molar-refractivity contribution is 0.0997. The summed E-state index contributed by atoms with van der Waals surface area (Å²) in [6, 6.07) is 21.0. The molecule has 1 aromatic heterocycles. The first-order chi connectivity index (χ1) is 14.7. The number of hydrogen-bond acceptors (Lipinski definition) is 4. The third-order valence-corrected chi connectivity index (χ3v) is 5.47. The van der Waals surface area contributed by atoms with Crippen molar-refractivity contribution in [1.29, 1.82) is 0 Å². The van der Waals surface area contributed by atoms with Gasteiger partial charge in [0.15, 0.2) is 4.80 Å². The van der Waals surface area contributed by atoms with Crippen molar-refractivity contribution >= 4 is 27.5 Å². The molecule has 0 radical (unpaired) electrons. The van der Waals surface area contributed by atoms with Crippen LogP contribution in [0.25, 0.3) is 10.2 Å². The number of rotatable bonds is 6. The number of ether oxygens (including phenoxy) is 2. The highest BCUT2D eigenvalue weighted by atomic mass is 32.1. The zero-order valence-corrected chi connectivity index (χ0v) is 17.1. The Morgan fingerprint density at radius 2 is 1.80 bits per heavy atom. The summed E-state index contributed by atoms with van der Waals surface area (Å²) in [6.07, 6.45) is 0. The maximum Gasteiger partial charge on any atom is 0.279 e. The highest BCUT2D eigenvalue weighted by Gasteiger charge is 2.13.